The first kappa shape index (κ1) is 18.6. The zero-order valence-corrected chi connectivity index (χ0v) is 14.8. The van der Waals surface area contributed by atoms with Gasteiger partial charge < -0.3 is 4.74 Å². The van der Waals surface area contributed by atoms with Crippen LogP contribution in [0.2, 0.25) is 0 Å². The standard InChI is InChI=1S/C18H22FNO3S/c1-13(2)14-7-9-17(10-8-14)24(21,22)20-12-18(23-3)15-5-4-6-16(19)11-15/h4-11,13,18,20H,12H2,1-3H3. The molecule has 24 heavy (non-hydrogen) atoms. The molecule has 0 aliphatic heterocycles. The van der Waals surface area contributed by atoms with Crippen LogP contribution < -0.4 is 4.72 Å². The Balaban J connectivity index is 2.10. The van der Waals surface area contributed by atoms with Crippen LogP contribution in [0, 0.1) is 5.82 Å². The first-order valence-electron chi connectivity index (χ1n) is 7.71. The largest absolute Gasteiger partial charge is 0.375 e. The monoisotopic (exact) mass is 351 g/mol. The third kappa shape index (κ3) is 4.63. The lowest BCUT2D eigenvalue weighted by Gasteiger charge is -2.17. The molecule has 0 radical (unpaired) electrons. The van der Waals surface area contributed by atoms with Crippen LogP contribution in [-0.2, 0) is 14.8 Å². The van der Waals surface area contributed by atoms with Gasteiger partial charge in [0.2, 0.25) is 10.0 Å². The molecule has 4 nitrogen and oxygen atoms in total. The van der Waals surface area contributed by atoms with Crippen molar-refractivity contribution in [3.63, 3.8) is 0 Å². The van der Waals surface area contributed by atoms with E-state index in [1.165, 1.54) is 19.2 Å². The van der Waals surface area contributed by atoms with E-state index in [0.717, 1.165) is 5.56 Å². The average Bonchev–Trinajstić information content (AvgIpc) is 2.55. The predicted octanol–water partition coefficient (Wildman–Crippen LogP) is 3.62. The van der Waals surface area contributed by atoms with Crippen molar-refractivity contribution in [3.05, 3.63) is 65.5 Å². The fraction of sp³-hybridized carbons (Fsp3) is 0.333. The number of halogens is 1. The van der Waals surface area contributed by atoms with Gasteiger partial charge in [0.1, 0.15) is 5.82 Å². The van der Waals surface area contributed by atoms with Gasteiger partial charge in [0.05, 0.1) is 11.0 Å². The highest BCUT2D eigenvalue weighted by Crippen LogP contribution is 2.20. The quantitative estimate of drug-likeness (QED) is 0.829. The lowest BCUT2D eigenvalue weighted by Crippen LogP contribution is -2.29. The lowest BCUT2D eigenvalue weighted by molar-refractivity contribution is 0.107. The molecular weight excluding hydrogens is 329 g/mol. The Bertz CT molecular complexity index is 773. The first-order valence-corrected chi connectivity index (χ1v) is 9.19. The van der Waals surface area contributed by atoms with Gasteiger partial charge in [-0.25, -0.2) is 17.5 Å². The number of benzene rings is 2. The van der Waals surface area contributed by atoms with E-state index < -0.39 is 16.1 Å². The van der Waals surface area contributed by atoms with Crippen molar-refractivity contribution < 1.29 is 17.5 Å². The van der Waals surface area contributed by atoms with E-state index in [9.17, 15) is 12.8 Å². The highest BCUT2D eigenvalue weighted by atomic mass is 32.2. The molecule has 0 aliphatic rings. The molecule has 130 valence electrons. The number of hydrogen-bond donors (Lipinski definition) is 1. The lowest BCUT2D eigenvalue weighted by atomic mass is 10.0. The second-order valence-electron chi connectivity index (χ2n) is 5.85. The molecule has 0 heterocycles. The minimum atomic E-state index is -3.65. The van der Waals surface area contributed by atoms with Crippen LogP contribution in [0.4, 0.5) is 4.39 Å². The van der Waals surface area contributed by atoms with Crippen LogP contribution >= 0.6 is 0 Å². The molecule has 1 atom stereocenters. The maximum absolute atomic E-state index is 13.3. The van der Waals surface area contributed by atoms with E-state index in [1.54, 1.807) is 36.4 Å². The zero-order chi connectivity index (χ0) is 17.7. The average molecular weight is 351 g/mol. The third-order valence-corrected chi connectivity index (χ3v) is 5.26. The van der Waals surface area contributed by atoms with Gasteiger partial charge in [-0.3, -0.25) is 0 Å². The van der Waals surface area contributed by atoms with Crippen molar-refractivity contribution in [1.29, 1.82) is 0 Å². The Kier molecular flexibility index (Phi) is 6.10. The first-order chi connectivity index (χ1) is 11.3. The van der Waals surface area contributed by atoms with Crippen LogP contribution in [0.5, 0.6) is 0 Å². The van der Waals surface area contributed by atoms with Crippen molar-refractivity contribution in [2.75, 3.05) is 13.7 Å². The Morgan fingerprint density at radius 3 is 2.29 bits per heavy atom. The summed E-state index contributed by atoms with van der Waals surface area (Å²) < 4.78 is 45.9. The van der Waals surface area contributed by atoms with Crippen molar-refractivity contribution in [3.8, 4) is 0 Å². The van der Waals surface area contributed by atoms with Crippen molar-refractivity contribution in [2.45, 2.75) is 30.8 Å². The summed E-state index contributed by atoms with van der Waals surface area (Å²) in [7, 11) is -2.19. The van der Waals surface area contributed by atoms with E-state index in [0.29, 0.717) is 11.5 Å². The van der Waals surface area contributed by atoms with E-state index in [-0.39, 0.29) is 17.3 Å². The van der Waals surface area contributed by atoms with E-state index >= 15 is 0 Å². The molecule has 0 fully saturated rings. The van der Waals surface area contributed by atoms with Crippen molar-refractivity contribution in [1.82, 2.24) is 4.72 Å². The fourth-order valence-corrected chi connectivity index (χ4v) is 3.38. The van der Waals surface area contributed by atoms with Gasteiger partial charge in [0.25, 0.3) is 0 Å². The minimum Gasteiger partial charge on any atom is -0.375 e. The molecule has 0 spiro atoms. The minimum absolute atomic E-state index is 0.0220. The predicted molar refractivity (Wildman–Crippen MR) is 91.9 cm³/mol. The van der Waals surface area contributed by atoms with Gasteiger partial charge in [-0.2, -0.15) is 0 Å². The second-order valence-corrected chi connectivity index (χ2v) is 7.62. The van der Waals surface area contributed by atoms with Gasteiger partial charge in [-0.1, -0.05) is 38.1 Å². The molecule has 1 N–H and O–H groups in total. The Morgan fingerprint density at radius 2 is 1.75 bits per heavy atom. The molecule has 6 heteroatoms. The summed E-state index contributed by atoms with van der Waals surface area (Å²) in [6, 6.07) is 12.7. The van der Waals surface area contributed by atoms with Gasteiger partial charge in [0, 0.05) is 13.7 Å². The van der Waals surface area contributed by atoms with Gasteiger partial charge in [-0.05, 0) is 41.3 Å². The van der Waals surface area contributed by atoms with Crippen LogP contribution in [-0.4, -0.2) is 22.1 Å². The number of methoxy groups -OCH3 is 1. The van der Waals surface area contributed by atoms with Gasteiger partial charge in [-0.15, -0.1) is 0 Å². The Morgan fingerprint density at radius 1 is 1.08 bits per heavy atom. The van der Waals surface area contributed by atoms with E-state index in [1.807, 2.05) is 13.8 Å². The molecule has 2 rings (SSSR count). The molecule has 0 bridgehead atoms. The molecule has 0 saturated carbocycles. The second kappa shape index (κ2) is 7.88. The van der Waals surface area contributed by atoms with E-state index in [4.69, 9.17) is 4.74 Å². The van der Waals surface area contributed by atoms with Crippen LogP contribution in [0.25, 0.3) is 0 Å². The molecule has 0 saturated heterocycles. The van der Waals surface area contributed by atoms with Gasteiger partial charge in [0.15, 0.2) is 0 Å². The molecule has 1 unspecified atom stereocenters. The summed E-state index contributed by atoms with van der Waals surface area (Å²) >= 11 is 0. The molecular formula is C18H22FNO3S. The molecule has 0 amide bonds. The molecule has 0 aliphatic carbocycles. The van der Waals surface area contributed by atoms with E-state index in [2.05, 4.69) is 4.72 Å². The van der Waals surface area contributed by atoms with Gasteiger partial charge >= 0.3 is 0 Å². The highest BCUT2D eigenvalue weighted by molar-refractivity contribution is 7.89. The summed E-state index contributed by atoms with van der Waals surface area (Å²) in [6.07, 6.45) is -0.564. The zero-order valence-electron chi connectivity index (χ0n) is 14.0. The van der Waals surface area contributed by atoms with Crippen LogP contribution in [0.15, 0.2) is 53.4 Å². The van der Waals surface area contributed by atoms with Crippen LogP contribution in [0.1, 0.15) is 37.0 Å². The molecule has 2 aromatic carbocycles. The Labute approximate surface area is 142 Å². The summed E-state index contributed by atoms with van der Waals surface area (Å²) in [5.74, 6) is -0.0535. The summed E-state index contributed by atoms with van der Waals surface area (Å²) in [5.41, 5.74) is 1.65. The SMILES string of the molecule is COC(CNS(=O)(=O)c1ccc(C(C)C)cc1)c1cccc(F)c1. The topological polar surface area (TPSA) is 55.4 Å². The Hall–Kier alpha value is -1.76. The van der Waals surface area contributed by atoms with Crippen molar-refractivity contribution in [2.24, 2.45) is 0 Å². The van der Waals surface area contributed by atoms with Crippen LogP contribution in [0.3, 0.4) is 0 Å². The number of rotatable bonds is 7. The summed E-state index contributed by atoms with van der Waals surface area (Å²) in [4.78, 5) is 0.195. The molecule has 2 aromatic rings. The highest BCUT2D eigenvalue weighted by Gasteiger charge is 2.18. The number of hydrogen-bond acceptors (Lipinski definition) is 3. The summed E-state index contributed by atoms with van der Waals surface area (Å²) in [6.45, 7) is 4.11. The van der Waals surface area contributed by atoms with Crippen molar-refractivity contribution >= 4 is 10.0 Å². The maximum atomic E-state index is 13.3. The summed E-state index contributed by atoms with van der Waals surface area (Å²) in [5, 5.41) is 0. The maximum Gasteiger partial charge on any atom is 0.240 e. The number of ether oxygens (including phenoxy) is 1. The third-order valence-electron chi connectivity index (χ3n) is 3.82. The normalized spacial score (nSPS) is 13.2. The molecule has 0 aromatic heterocycles. The smallest absolute Gasteiger partial charge is 0.240 e. The number of sulfonamides is 1. The fourth-order valence-electron chi connectivity index (χ4n) is 2.34. The number of nitrogens with one attached hydrogen (secondary N) is 1.